The molecule has 0 aromatic heterocycles. The van der Waals surface area contributed by atoms with Gasteiger partial charge < -0.3 is 15.0 Å². The van der Waals surface area contributed by atoms with E-state index in [4.69, 9.17) is 4.74 Å². The molecule has 0 bridgehead atoms. The molecular formula is C23H31N3O3. The number of methoxy groups -OCH3 is 1. The molecule has 0 radical (unpaired) electrons. The Labute approximate surface area is 173 Å². The van der Waals surface area contributed by atoms with E-state index in [1.54, 1.807) is 24.0 Å². The van der Waals surface area contributed by atoms with Crippen LogP contribution in [-0.4, -0.2) is 62.0 Å². The number of hydrogen-bond donors (Lipinski definition) is 1. The molecule has 2 amide bonds. The molecule has 0 saturated heterocycles. The van der Waals surface area contributed by atoms with Crippen LogP contribution >= 0.6 is 0 Å². The zero-order valence-corrected chi connectivity index (χ0v) is 17.8. The Morgan fingerprint density at radius 3 is 2.41 bits per heavy atom. The lowest BCUT2D eigenvalue weighted by Crippen LogP contribution is -2.42. The number of likely N-dealkylation sites (N-methyl/N-ethyl adjacent to an activating group) is 1. The average molecular weight is 398 g/mol. The minimum atomic E-state index is -0.138. The maximum atomic E-state index is 12.8. The molecule has 0 unspecified atom stereocenters. The van der Waals surface area contributed by atoms with Crippen molar-refractivity contribution in [2.45, 2.75) is 20.4 Å². The van der Waals surface area contributed by atoms with Crippen LogP contribution in [0.25, 0.3) is 0 Å². The summed E-state index contributed by atoms with van der Waals surface area (Å²) in [4.78, 5) is 28.7. The Bertz CT molecular complexity index is 808. The van der Waals surface area contributed by atoms with Crippen LogP contribution in [0.4, 0.5) is 5.69 Å². The Kier molecular flexibility index (Phi) is 8.83. The van der Waals surface area contributed by atoms with Crippen molar-refractivity contribution >= 4 is 17.5 Å². The molecule has 0 aliphatic rings. The molecule has 0 aliphatic carbocycles. The number of aryl methyl sites for hydroxylation is 1. The third-order valence-corrected chi connectivity index (χ3v) is 4.83. The number of carbonyl (C=O) groups is 2. The standard InChI is InChI=1S/C23H31N3O3/c1-18-9-8-12-21(19(18)2)24-22(27)16-25(3)17-23(28)26(13-14-29-4)15-20-10-6-5-7-11-20/h5-12H,13-17H2,1-4H3,(H,24,27). The molecule has 2 aromatic carbocycles. The first-order valence-corrected chi connectivity index (χ1v) is 9.76. The zero-order chi connectivity index (χ0) is 21.2. The number of ether oxygens (including phenoxy) is 1. The number of nitrogens with one attached hydrogen (secondary N) is 1. The van der Waals surface area contributed by atoms with E-state index in [0.29, 0.717) is 19.7 Å². The second-order valence-electron chi connectivity index (χ2n) is 7.26. The van der Waals surface area contributed by atoms with Crippen LogP contribution in [0.15, 0.2) is 48.5 Å². The highest BCUT2D eigenvalue weighted by Gasteiger charge is 2.18. The van der Waals surface area contributed by atoms with Gasteiger partial charge in [0.05, 0.1) is 19.7 Å². The molecule has 0 aliphatic heterocycles. The first kappa shape index (κ1) is 22.6. The van der Waals surface area contributed by atoms with Crippen molar-refractivity contribution < 1.29 is 14.3 Å². The Hall–Kier alpha value is -2.70. The highest BCUT2D eigenvalue weighted by atomic mass is 16.5. The van der Waals surface area contributed by atoms with Gasteiger partial charge in [0.2, 0.25) is 11.8 Å². The summed E-state index contributed by atoms with van der Waals surface area (Å²) in [6.45, 7) is 5.79. The first-order chi connectivity index (χ1) is 13.9. The van der Waals surface area contributed by atoms with Crippen LogP contribution in [0.3, 0.4) is 0 Å². The van der Waals surface area contributed by atoms with Crippen molar-refractivity contribution in [2.75, 3.05) is 45.7 Å². The van der Waals surface area contributed by atoms with E-state index in [-0.39, 0.29) is 24.9 Å². The van der Waals surface area contributed by atoms with Gasteiger partial charge in [-0.2, -0.15) is 0 Å². The Morgan fingerprint density at radius 1 is 1.00 bits per heavy atom. The topological polar surface area (TPSA) is 61.9 Å². The lowest BCUT2D eigenvalue weighted by Gasteiger charge is -2.25. The normalized spacial score (nSPS) is 10.8. The van der Waals surface area contributed by atoms with E-state index in [9.17, 15) is 9.59 Å². The van der Waals surface area contributed by atoms with Gasteiger partial charge in [-0.1, -0.05) is 42.5 Å². The van der Waals surface area contributed by atoms with Crippen LogP contribution in [0.5, 0.6) is 0 Å². The largest absolute Gasteiger partial charge is 0.383 e. The number of nitrogens with zero attached hydrogens (tertiary/aromatic N) is 2. The molecule has 29 heavy (non-hydrogen) atoms. The number of rotatable bonds is 10. The van der Waals surface area contributed by atoms with Crippen LogP contribution < -0.4 is 5.32 Å². The maximum absolute atomic E-state index is 12.8. The smallest absolute Gasteiger partial charge is 0.238 e. The SMILES string of the molecule is COCCN(Cc1ccccc1)C(=O)CN(C)CC(=O)Nc1cccc(C)c1C. The predicted molar refractivity (Wildman–Crippen MR) is 116 cm³/mol. The molecule has 156 valence electrons. The van der Waals surface area contributed by atoms with E-state index in [1.807, 2.05) is 62.4 Å². The predicted octanol–water partition coefficient (Wildman–Crippen LogP) is 2.85. The van der Waals surface area contributed by atoms with E-state index < -0.39 is 0 Å². The summed E-state index contributed by atoms with van der Waals surface area (Å²) in [6.07, 6.45) is 0. The van der Waals surface area contributed by atoms with Crippen molar-refractivity contribution in [3.63, 3.8) is 0 Å². The molecular weight excluding hydrogens is 366 g/mol. The van der Waals surface area contributed by atoms with Crippen LogP contribution in [0, 0.1) is 13.8 Å². The molecule has 6 heteroatoms. The Balaban J connectivity index is 1.92. The molecule has 6 nitrogen and oxygen atoms in total. The third-order valence-electron chi connectivity index (χ3n) is 4.83. The highest BCUT2D eigenvalue weighted by molar-refractivity contribution is 5.93. The van der Waals surface area contributed by atoms with Crippen molar-refractivity contribution in [1.82, 2.24) is 9.80 Å². The molecule has 0 spiro atoms. The third kappa shape index (κ3) is 7.33. The number of carbonyl (C=O) groups excluding carboxylic acids is 2. The second-order valence-corrected chi connectivity index (χ2v) is 7.26. The number of benzene rings is 2. The van der Waals surface area contributed by atoms with Crippen LogP contribution in [0.1, 0.15) is 16.7 Å². The highest BCUT2D eigenvalue weighted by Crippen LogP contribution is 2.17. The summed E-state index contributed by atoms with van der Waals surface area (Å²) in [6, 6.07) is 15.7. The first-order valence-electron chi connectivity index (χ1n) is 9.76. The van der Waals surface area contributed by atoms with Crippen molar-refractivity contribution in [3.05, 3.63) is 65.2 Å². The van der Waals surface area contributed by atoms with Gasteiger partial charge in [0, 0.05) is 25.9 Å². The quantitative estimate of drug-likeness (QED) is 0.670. The van der Waals surface area contributed by atoms with Gasteiger partial charge >= 0.3 is 0 Å². The molecule has 0 heterocycles. The van der Waals surface area contributed by atoms with Gasteiger partial charge in [-0.15, -0.1) is 0 Å². The minimum absolute atomic E-state index is 0.0343. The number of amides is 2. The van der Waals surface area contributed by atoms with E-state index in [1.165, 1.54) is 0 Å². The molecule has 0 fully saturated rings. The Morgan fingerprint density at radius 2 is 1.72 bits per heavy atom. The molecule has 1 N–H and O–H groups in total. The van der Waals surface area contributed by atoms with Gasteiger partial charge in [-0.25, -0.2) is 0 Å². The summed E-state index contributed by atoms with van der Waals surface area (Å²) in [5.41, 5.74) is 4.04. The molecule has 2 rings (SSSR count). The van der Waals surface area contributed by atoms with E-state index in [0.717, 1.165) is 22.4 Å². The number of anilines is 1. The fourth-order valence-corrected chi connectivity index (χ4v) is 3.01. The second kappa shape index (κ2) is 11.3. The summed E-state index contributed by atoms with van der Waals surface area (Å²) >= 11 is 0. The van der Waals surface area contributed by atoms with Crippen molar-refractivity contribution in [1.29, 1.82) is 0 Å². The van der Waals surface area contributed by atoms with Gasteiger partial charge in [-0.05, 0) is 43.7 Å². The van der Waals surface area contributed by atoms with Gasteiger partial charge in [-0.3, -0.25) is 14.5 Å². The average Bonchev–Trinajstić information content (AvgIpc) is 2.69. The van der Waals surface area contributed by atoms with E-state index >= 15 is 0 Å². The molecule has 0 saturated carbocycles. The van der Waals surface area contributed by atoms with E-state index in [2.05, 4.69) is 5.32 Å². The molecule has 2 aromatic rings. The number of hydrogen-bond acceptors (Lipinski definition) is 4. The fourth-order valence-electron chi connectivity index (χ4n) is 3.01. The summed E-state index contributed by atoms with van der Waals surface area (Å²) < 4.78 is 5.15. The molecule has 0 atom stereocenters. The van der Waals surface area contributed by atoms with Gasteiger partial charge in [0.25, 0.3) is 0 Å². The van der Waals surface area contributed by atoms with Gasteiger partial charge in [0.1, 0.15) is 0 Å². The monoisotopic (exact) mass is 397 g/mol. The van der Waals surface area contributed by atoms with Gasteiger partial charge in [0.15, 0.2) is 0 Å². The maximum Gasteiger partial charge on any atom is 0.238 e. The zero-order valence-electron chi connectivity index (χ0n) is 17.8. The van der Waals surface area contributed by atoms with Crippen molar-refractivity contribution in [2.24, 2.45) is 0 Å². The fraction of sp³-hybridized carbons (Fsp3) is 0.391. The summed E-state index contributed by atoms with van der Waals surface area (Å²) in [5.74, 6) is -0.173. The minimum Gasteiger partial charge on any atom is -0.383 e. The summed E-state index contributed by atoms with van der Waals surface area (Å²) in [5, 5.41) is 2.93. The summed E-state index contributed by atoms with van der Waals surface area (Å²) in [7, 11) is 3.40. The lowest BCUT2D eigenvalue weighted by atomic mass is 10.1. The van der Waals surface area contributed by atoms with Crippen LogP contribution in [0.2, 0.25) is 0 Å². The van der Waals surface area contributed by atoms with Crippen LogP contribution in [-0.2, 0) is 20.9 Å². The lowest BCUT2D eigenvalue weighted by molar-refractivity contribution is -0.133. The van der Waals surface area contributed by atoms with Crippen molar-refractivity contribution in [3.8, 4) is 0 Å².